The van der Waals surface area contributed by atoms with Crippen LogP contribution in [0.5, 0.6) is 0 Å². The lowest BCUT2D eigenvalue weighted by Gasteiger charge is -2.22. The maximum Gasteiger partial charge on any atom is 0.224 e. The van der Waals surface area contributed by atoms with Gasteiger partial charge < -0.3 is 10.6 Å². The molecule has 2 N–H and O–H groups in total. The van der Waals surface area contributed by atoms with E-state index in [-0.39, 0.29) is 11.7 Å². The van der Waals surface area contributed by atoms with Gasteiger partial charge in [-0.05, 0) is 37.0 Å². The van der Waals surface area contributed by atoms with Crippen molar-refractivity contribution in [1.29, 1.82) is 0 Å². The van der Waals surface area contributed by atoms with Gasteiger partial charge in [-0.15, -0.1) is 11.3 Å². The zero-order chi connectivity index (χ0) is 16.5. The van der Waals surface area contributed by atoms with Crippen molar-refractivity contribution in [3.05, 3.63) is 28.9 Å². The van der Waals surface area contributed by atoms with E-state index < -0.39 is 0 Å². The summed E-state index contributed by atoms with van der Waals surface area (Å²) in [5.41, 5.74) is 2.73. The Balaban J connectivity index is 1.56. The summed E-state index contributed by atoms with van der Waals surface area (Å²) in [6.07, 6.45) is 7.30. The van der Waals surface area contributed by atoms with Gasteiger partial charge in [0.1, 0.15) is 5.82 Å². The largest absolute Gasteiger partial charge is 0.359 e. The van der Waals surface area contributed by atoms with Gasteiger partial charge in [0, 0.05) is 29.1 Å². The number of amides is 1. The van der Waals surface area contributed by atoms with Gasteiger partial charge in [0.25, 0.3) is 0 Å². The van der Waals surface area contributed by atoms with Gasteiger partial charge >= 0.3 is 0 Å². The first-order valence-corrected chi connectivity index (χ1v) is 9.42. The summed E-state index contributed by atoms with van der Waals surface area (Å²) in [4.78, 5) is 16.0. The van der Waals surface area contributed by atoms with Crippen LogP contribution < -0.4 is 10.6 Å². The minimum absolute atomic E-state index is 0.0534. The molecule has 0 radical (unpaired) electrons. The standard InChI is InChI=1S/C18H20FN3OS/c19-14-9-15-11(6-7-17(23)21-15)8-13(14)16-10-24-18(22-16)20-12-4-2-1-3-5-12/h8-10,12H,1-7H2,(H,20,22)(H,21,23). The molecule has 0 bridgehead atoms. The molecule has 126 valence electrons. The topological polar surface area (TPSA) is 54.0 Å². The van der Waals surface area contributed by atoms with E-state index in [0.29, 0.717) is 35.8 Å². The minimum Gasteiger partial charge on any atom is -0.359 e. The van der Waals surface area contributed by atoms with Crippen LogP contribution in [0, 0.1) is 5.82 Å². The van der Waals surface area contributed by atoms with Gasteiger partial charge in [0.15, 0.2) is 5.13 Å². The Labute approximate surface area is 144 Å². The fourth-order valence-corrected chi connectivity index (χ4v) is 4.27. The van der Waals surface area contributed by atoms with Crippen molar-refractivity contribution in [2.45, 2.75) is 51.0 Å². The monoisotopic (exact) mass is 345 g/mol. The summed E-state index contributed by atoms with van der Waals surface area (Å²) >= 11 is 1.53. The van der Waals surface area contributed by atoms with Gasteiger partial charge in [0.05, 0.1) is 5.69 Å². The summed E-state index contributed by atoms with van der Waals surface area (Å²) in [7, 11) is 0. The van der Waals surface area contributed by atoms with E-state index in [4.69, 9.17) is 0 Å². The number of carbonyl (C=O) groups excluding carboxylic acids is 1. The number of rotatable bonds is 3. The first-order valence-electron chi connectivity index (χ1n) is 8.54. The van der Waals surface area contributed by atoms with Crippen LogP contribution in [0.1, 0.15) is 44.1 Å². The molecule has 2 aromatic rings. The molecule has 0 saturated heterocycles. The lowest BCUT2D eigenvalue weighted by Crippen LogP contribution is -2.22. The van der Waals surface area contributed by atoms with Crippen molar-refractivity contribution in [2.75, 3.05) is 10.6 Å². The van der Waals surface area contributed by atoms with Crippen LogP contribution in [0.25, 0.3) is 11.3 Å². The fourth-order valence-electron chi connectivity index (χ4n) is 3.48. The quantitative estimate of drug-likeness (QED) is 0.856. The molecule has 0 unspecified atom stereocenters. The molecule has 0 spiro atoms. The highest BCUT2D eigenvalue weighted by Gasteiger charge is 2.20. The molecule has 2 aliphatic rings. The van der Waals surface area contributed by atoms with Crippen LogP contribution in [0.3, 0.4) is 0 Å². The van der Waals surface area contributed by atoms with E-state index >= 15 is 0 Å². The third kappa shape index (κ3) is 3.15. The van der Waals surface area contributed by atoms with Gasteiger partial charge in [-0.3, -0.25) is 4.79 Å². The molecule has 1 aromatic carbocycles. The van der Waals surface area contributed by atoms with Crippen LogP contribution in [0.15, 0.2) is 17.5 Å². The number of aromatic nitrogens is 1. The van der Waals surface area contributed by atoms with E-state index in [2.05, 4.69) is 15.6 Å². The van der Waals surface area contributed by atoms with E-state index in [1.54, 1.807) is 0 Å². The number of aryl methyl sites for hydroxylation is 1. The number of nitrogens with zero attached hydrogens (tertiary/aromatic N) is 1. The number of hydrogen-bond acceptors (Lipinski definition) is 4. The van der Waals surface area contributed by atoms with Crippen LogP contribution in [0.4, 0.5) is 15.2 Å². The third-order valence-corrected chi connectivity index (χ3v) is 5.57. The van der Waals surface area contributed by atoms with E-state index in [1.807, 2.05) is 11.4 Å². The van der Waals surface area contributed by atoms with Crippen LogP contribution in [-0.2, 0) is 11.2 Å². The molecule has 2 heterocycles. The third-order valence-electron chi connectivity index (χ3n) is 4.80. The normalized spacial score (nSPS) is 18.1. The second-order valence-electron chi connectivity index (χ2n) is 6.55. The van der Waals surface area contributed by atoms with Crippen LogP contribution in [-0.4, -0.2) is 16.9 Å². The lowest BCUT2D eigenvalue weighted by molar-refractivity contribution is -0.116. The Morgan fingerprint density at radius 1 is 1.21 bits per heavy atom. The minimum atomic E-state index is -0.342. The van der Waals surface area contributed by atoms with Crippen molar-refractivity contribution < 1.29 is 9.18 Å². The van der Waals surface area contributed by atoms with Crippen molar-refractivity contribution >= 4 is 28.1 Å². The van der Waals surface area contributed by atoms with Crippen molar-refractivity contribution in [2.24, 2.45) is 0 Å². The fraction of sp³-hybridized carbons (Fsp3) is 0.444. The summed E-state index contributed by atoms with van der Waals surface area (Å²) in [5.74, 6) is -0.396. The predicted octanol–water partition coefficient (Wildman–Crippen LogP) is 4.58. The Morgan fingerprint density at radius 2 is 2.04 bits per heavy atom. The highest BCUT2D eigenvalue weighted by atomic mass is 32.1. The molecule has 1 amide bonds. The molecule has 4 rings (SSSR count). The molecule has 1 fully saturated rings. The highest BCUT2D eigenvalue weighted by Crippen LogP contribution is 2.33. The zero-order valence-corrected chi connectivity index (χ0v) is 14.2. The second-order valence-corrected chi connectivity index (χ2v) is 7.41. The van der Waals surface area contributed by atoms with E-state index in [0.717, 1.165) is 10.7 Å². The zero-order valence-electron chi connectivity index (χ0n) is 13.4. The average Bonchev–Trinajstić information content (AvgIpc) is 3.03. The predicted molar refractivity (Wildman–Crippen MR) is 95.0 cm³/mol. The Kier molecular flexibility index (Phi) is 4.22. The number of hydrogen-bond donors (Lipinski definition) is 2. The molecule has 24 heavy (non-hydrogen) atoms. The maximum absolute atomic E-state index is 14.5. The van der Waals surface area contributed by atoms with Gasteiger partial charge in [0.2, 0.25) is 5.91 Å². The number of nitrogens with one attached hydrogen (secondary N) is 2. The number of benzene rings is 1. The molecule has 1 saturated carbocycles. The van der Waals surface area contributed by atoms with E-state index in [1.165, 1.54) is 49.5 Å². The molecular formula is C18H20FN3OS. The summed E-state index contributed by atoms with van der Waals surface area (Å²) in [5, 5.41) is 8.98. The van der Waals surface area contributed by atoms with Gasteiger partial charge in [-0.1, -0.05) is 19.3 Å². The second kappa shape index (κ2) is 6.51. The van der Waals surface area contributed by atoms with E-state index in [9.17, 15) is 9.18 Å². The average molecular weight is 345 g/mol. The molecule has 1 aliphatic heterocycles. The molecule has 4 nitrogen and oxygen atoms in total. The lowest BCUT2D eigenvalue weighted by atomic mass is 9.96. The first kappa shape index (κ1) is 15.6. The molecular weight excluding hydrogens is 325 g/mol. The molecule has 1 aliphatic carbocycles. The summed E-state index contributed by atoms with van der Waals surface area (Å²) in [6.45, 7) is 0. The van der Waals surface area contributed by atoms with Crippen molar-refractivity contribution in [3.8, 4) is 11.3 Å². The van der Waals surface area contributed by atoms with Crippen molar-refractivity contribution in [3.63, 3.8) is 0 Å². The Morgan fingerprint density at radius 3 is 2.88 bits per heavy atom. The number of fused-ring (bicyclic) bond motifs is 1. The Hall–Kier alpha value is -1.95. The highest BCUT2D eigenvalue weighted by molar-refractivity contribution is 7.14. The SMILES string of the molecule is O=C1CCc2cc(-c3csc(NC4CCCCC4)n3)c(F)cc2N1. The number of halogens is 1. The van der Waals surface area contributed by atoms with Gasteiger partial charge in [-0.25, -0.2) is 9.37 Å². The van der Waals surface area contributed by atoms with Gasteiger partial charge in [-0.2, -0.15) is 0 Å². The molecule has 1 aromatic heterocycles. The number of anilines is 2. The maximum atomic E-state index is 14.5. The number of carbonyl (C=O) groups is 1. The molecule has 6 heteroatoms. The smallest absolute Gasteiger partial charge is 0.224 e. The van der Waals surface area contributed by atoms with Crippen LogP contribution in [0.2, 0.25) is 0 Å². The summed E-state index contributed by atoms with van der Waals surface area (Å²) in [6, 6.07) is 3.72. The number of thiazole rings is 1. The van der Waals surface area contributed by atoms with Crippen molar-refractivity contribution in [1.82, 2.24) is 4.98 Å². The first-order chi connectivity index (χ1) is 11.7. The van der Waals surface area contributed by atoms with Crippen LogP contribution >= 0.6 is 11.3 Å². The Bertz CT molecular complexity index is 768. The summed E-state index contributed by atoms with van der Waals surface area (Å²) < 4.78 is 14.5. The molecule has 0 atom stereocenters.